The largest absolute Gasteiger partial charge is 0.416 e. The van der Waals surface area contributed by atoms with Gasteiger partial charge in [0.25, 0.3) is 0 Å². The van der Waals surface area contributed by atoms with Gasteiger partial charge in [0.05, 0.1) is 18.0 Å². The number of nitrogens with two attached hydrogens (primary N) is 1. The molecular formula is C13H14F3N3O2. The molecule has 0 bridgehead atoms. The summed E-state index contributed by atoms with van der Waals surface area (Å²) in [6.45, 7) is 0.205. The van der Waals surface area contributed by atoms with Crippen LogP contribution in [0.15, 0.2) is 24.3 Å². The van der Waals surface area contributed by atoms with E-state index in [2.05, 4.69) is 10.6 Å². The van der Waals surface area contributed by atoms with Gasteiger partial charge in [-0.25, -0.2) is 0 Å². The quantitative estimate of drug-likeness (QED) is 0.694. The molecule has 4 N–H and O–H groups in total. The van der Waals surface area contributed by atoms with Crippen LogP contribution in [-0.2, 0) is 22.2 Å². The van der Waals surface area contributed by atoms with Crippen molar-refractivity contribution in [2.24, 2.45) is 5.73 Å². The lowest BCUT2D eigenvalue weighted by atomic mass is 9.98. The van der Waals surface area contributed by atoms with Gasteiger partial charge >= 0.3 is 6.18 Å². The average molecular weight is 301 g/mol. The first-order valence-electron chi connectivity index (χ1n) is 6.27. The Labute approximate surface area is 118 Å². The highest BCUT2D eigenvalue weighted by atomic mass is 19.4. The molecule has 21 heavy (non-hydrogen) atoms. The second-order valence-corrected chi connectivity index (χ2v) is 4.77. The average Bonchev–Trinajstić information content (AvgIpc) is 2.41. The Kier molecular flexibility index (Phi) is 4.17. The first-order valence-corrected chi connectivity index (χ1v) is 6.27. The summed E-state index contributed by atoms with van der Waals surface area (Å²) in [6, 6.07) is 3.35. The molecule has 1 aromatic rings. The third-order valence-electron chi connectivity index (χ3n) is 3.23. The third kappa shape index (κ3) is 3.52. The Morgan fingerprint density at radius 2 is 1.90 bits per heavy atom. The van der Waals surface area contributed by atoms with Crippen LogP contribution >= 0.6 is 0 Å². The minimum atomic E-state index is -4.40. The Balaban J connectivity index is 1.92. The van der Waals surface area contributed by atoms with E-state index in [0.717, 1.165) is 12.1 Å². The maximum Gasteiger partial charge on any atom is 0.416 e. The van der Waals surface area contributed by atoms with Crippen molar-refractivity contribution in [3.63, 3.8) is 0 Å². The van der Waals surface area contributed by atoms with E-state index in [-0.39, 0.29) is 24.9 Å². The molecule has 2 atom stereocenters. The van der Waals surface area contributed by atoms with Crippen LogP contribution in [0.3, 0.4) is 0 Å². The monoisotopic (exact) mass is 301 g/mol. The molecule has 0 spiro atoms. The Morgan fingerprint density at radius 1 is 1.29 bits per heavy atom. The predicted molar refractivity (Wildman–Crippen MR) is 68.1 cm³/mol. The molecule has 0 aliphatic carbocycles. The molecular weight excluding hydrogens is 287 g/mol. The van der Waals surface area contributed by atoms with Crippen LogP contribution < -0.4 is 16.4 Å². The molecule has 0 saturated carbocycles. The Hall–Kier alpha value is -2.09. The lowest BCUT2D eigenvalue weighted by molar-refractivity contribution is -0.137. The summed E-state index contributed by atoms with van der Waals surface area (Å²) >= 11 is 0. The lowest BCUT2D eigenvalue weighted by Gasteiger charge is -2.36. The molecule has 5 nitrogen and oxygen atoms in total. The van der Waals surface area contributed by atoms with Crippen molar-refractivity contribution in [1.29, 1.82) is 0 Å². The molecule has 1 saturated heterocycles. The zero-order valence-electron chi connectivity index (χ0n) is 10.9. The highest BCUT2D eigenvalue weighted by molar-refractivity contribution is 5.93. The summed E-state index contributed by atoms with van der Waals surface area (Å²) in [6.07, 6.45) is -4.50. The summed E-state index contributed by atoms with van der Waals surface area (Å²) < 4.78 is 37.2. The summed E-state index contributed by atoms with van der Waals surface area (Å²) in [5.41, 5.74) is 5.06. The van der Waals surface area contributed by atoms with Gasteiger partial charge in [-0.3, -0.25) is 9.59 Å². The predicted octanol–water partition coefficient (Wildman–Crippen LogP) is 0.190. The van der Waals surface area contributed by atoms with Crippen LogP contribution in [0.25, 0.3) is 0 Å². The zero-order valence-corrected chi connectivity index (χ0v) is 10.9. The van der Waals surface area contributed by atoms with Gasteiger partial charge in [-0.1, -0.05) is 12.1 Å². The fraction of sp³-hybridized carbons (Fsp3) is 0.385. The number of benzene rings is 1. The van der Waals surface area contributed by atoms with E-state index >= 15 is 0 Å². The number of carbonyl (C=O) groups is 2. The minimum Gasteiger partial charge on any atom is -0.348 e. The number of halogens is 3. The Bertz CT molecular complexity index is 543. The highest BCUT2D eigenvalue weighted by Crippen LogP contribution is 2.29. The molecule has 2 rings (SSSR count). The van der Waals surface area contributed by atoms with Crippen LogP contribution in [0.4, 0.5) is 13.2 Å². The summed E-state index contributed by atoms with van der Waals surface area (Å²) in [5.74, 6) is -0.751. The standard InChI is InChI=1S/C13H14F3N3O2/c14-13(15,16)8-3-1-7(2-4-8)5-10(20)19-11-9(6-17)18-12(11)21/h1-4,9,11H,5-6,17H2,(H,18,21)(H,19,20)/t9-,11+/m0/s1. The number of carbonyl (C=O) groups excluding carboxylic acids is 2. The third-order valence-corrected chi connectivity index (χ3v) is 3.23. The number of alkyl halides is 3. The summed E-state index contributed by atoms with van der Waals surface area (Å²) in [5, 5.41) is 5.04. The van der Waals surface area contributed by atoms with E-state index in [9.17, 15) is 22.8 Å². The minimum absolute atomic E-state index is 0.0980. The van der Waals surface area contributed by atoms with E-state index in [1.807, 2.05) is 0 Å². The molecule has 1 heterocycles. The molecule has 1 aromatic carbocycles. The number of amides is 2. The van der Waals surface area contributed by atoms with E-state index in [4.69, 9.17) is 5.73 Å². The van der Waals surface area contributed by atoms with Gasteiger partial charge in [-0.15, -0.1) is 0 Å². The van der Waals surface area contributed by atoms with Crippen molar-refractivity contribution in [2.45, 2.75) is 24.7 Å². The molecule has 0 unspecified atom stereocenters. The fourth-order valence-corrected chi connectivity index (χ4v) is 2.02. The smallest absolute Gasteiger partial charge is 0.348 e. The van der Waals surface area contributed by atoms with Gasteiger partial charge in [-0.2, -0.15) is 13.2 Å². The summed E-state index contributed by atoms with van der Waals surface area (Å²) in [7, 11) is 0. The van der Waals surface area contributed by atoms with E-state index in [1.54, 1.807) is 0 Å². The topological polar surface area (TPSA) is 84.2 Å². The lowest BCUT2D eigenvalue weighted by Crippen LogP contribution is -2.71. The van der Waals surface area contributed by atoms with Gasteiger partial charge in [-0.05, 0) is 17.7 Å². The van der Waals surface area contributed by atoms with Gasteiger partial charge in [0, 0.05) is 6.54 Å². The number of nitrogens with one attached hydrogen (secondary N) is 2. The highest BCUT2D eigenvalue weighted by Gasteiger charge is 2.39. The molecule has 8 heteroatoms. The first kappa shape index (κ1) is 15.3. The molecule has 0 aromatic heterocycles. The van der Waals surface area contributed by atoms with Gasteiger partial charge in [0.2, 0.25) is 11.8 Å². The van der Waals surface area contributed by atoms with E-state index < -0.39 is 23.7 Å². The van der Waals surface area contributed by atoms with Crippen molar-refractivity contribution in [3.05, 3.63) is 35.4 Å². The van der Waals surface area contributed by atoms with Crippen LogP contribution in [0.1, 0.15) is 11.1 Å². The van der Waals surface area contributed by atoms with Gasteiger partial charge in [0.15, 0.2) is 0 Å². The van der Waals surface area contributed by atoms with E-state index in [0.29, 0.717) is 5.56 Å². The number of hydrogen-bond acceptors (Lipinski definition) is 3. The van der Waals surface area contributed by atoms with Crippen LogP contribution in [0.2, 0.25) is 0 Å². The van der Waals surface area contributed by atoms with E-state index in [1.165, 1.54) is 12.1 Å². The zero-order chi connectivity index (χ0) is 15.6. The Morgan fingerprint density at radius 3 is 2.38 bits per heavy atom. The molecule has 1 aliphatic rings. The maximum absolute atomic E-state index is 12.4. The van der Waals surface area contributed by atoms with Gasteiger partial charge < -0.3 is 16.4 Å². The first-order chi connectivity index (χ1) is 9.81. The van der Waals surface area contributed by atoms with Crippen molar-refractivity contribution < 1.29 is 22.8 Å². The second-order valence-electron chi connectivity index (χ2n) is 4.77. The maximum atomic E-state index is 12.4. The fourth-order valence-electron chi connectivity index (χ4n) is 2.02. The molecule has 1 fully saturated rings. The molecule has 0 radical (unpaired) electrons. The van der Waals surface area contributed by atoms with Crippen LogP contribution in [0, 0.1) is 0 Å². The number of rotatable bonds is 4. The molecule has 2 amide bonds. The summed E-state index contributed by atoms with van der Waals surface area (Å²) in [4.78, 5) is 23.0. The molecule has 1 aliphatic heterocycles. The van der Waals surface area contributed by atoms with Crippen LogP contribution in [-0.4, -0.2) is 30.4 Å². The molecule has 114 valence electrons. The number of β-lactam (4-membered cyclic amide) rings is 1. The second kappa shape index (κ2) is 5.72. The van der Waals surface area contributed by atoms with Crippen molar-refractivity contribution in [2.75, 3.05) is 6.54 Å². The van der Waals surface area contributed by atoms with Crippen molar-refractivity contribution in [3.8, 4) is 0 Å². The normalized spacial score (nSPS) is 21.4. The van der Waals surface area contributed by atoms with Crippen LogP contribution in [0.5, 0.6) is 0 Å². The van der Waals surface area contributed by atoms with Crippen molar-refractivity contribution >= 4 is 11.8 Å². The number of hydrogen-bond donors (Lipinski definition) is 3. The van der Waals surface area contributed by atoms with Crippen molar-refractivity contribution in [1.82, 2.24) is 10.6 Å². The van der Waals surface area contributed by atoms with Gasteiger partial charge in [0.1, 0.15) is 6.04 Å². The SMILES string of the molecule is NC[C@@H]1NC(=O)[C@@H]1NC(=O)Cc1ccc(C(F)(F)F)cc1.